The third kappa shape index (κ3) is 6.87. The number of nitrogens with one attached hydrogen (secondary N) is 2. The summed E-state index contributed by atoms with van der Waals surface area (Å²) in [4.78, 5) is 26.6. The number of rotatable bonds is 12. The molecule has 1 heterocycles. The number of H-pyrrole nitrogens is 1. The number of carboxylic acid groups (broad SMARTS) is 1. The summed E-state index contributed by atoms with van der Waals surface area (Å²) in [5.74, 6) is -0.862. The normalized spacial score (nSPS) is 11.8. The van der Waals surface area contributed by atoms with E-state index in [1.165, 1.54) is 4.90 Å². The molecule has 9 heteroatoms. The first-order valence-corrected chi connectivity index (χ1v) is 13.2. The molecule has 0 aliphatic rings. The fourth-order valence-corrected chi connectivity index (χ4v) is 4.60. The summed E-state index contributed by atoms with van der Waals surface area (Å²) >= 11 is 0. The van der Waals surface area contributed by atoms with E-state index in [9.17, 15) is 14.7 Å². The summed E-state index contributed by atoms with van der Waals surface area (Å²) in [7, 11) is 0. The van der Waals surface area contributed by atoms with Gasteiger partial charge < -0.3 is 15.3 Å². The lowest BCUT2D eigenvalue weighted by Crippen LogP contribution is -2.47. The highest BCUT2D eigenvalue weighted by Gasteiger charge is 2.32. The molecule has 0 aliphatic heterocycles. The van der Waals surface area contributed by atoms with Crippen molar-refractivity contribution in [1.29, 1.82) is 0 Å². The number of tetrazole rings is 1. The highest BCUT2D eigenvalue weighted by molar-refractivity contribution is 5.85. The number of unbranched alkanes of at least 4 members (excludes halogenated alkanes) is 1. The lowest BCUT2D eigenvalue weighted by Gasteiger charge is -2.32. The predicted molar refractivity (Wildman–Crippen MR) is 151 cm³/mol. The molecule has 0 saturated heterocycles. The van der Waals surface area contributed by atoms with E-state index in [1.807, 2.05) is 93.6 Å². The first-order valence-electron chi connectivity index (χ1n) is 13.2. The summed E-state index contributed by atoms with van der Waals surface area (Å²) in [5.41, 5.74) is 5.38. The van der Waals surface area contributed by atoms with Crippen LogP contribution in [0.2, 0.25) is 0 Å². The molecule has 1 aromatic heterocycles. The van der Waals surface area contributed by atoms with Crippen molar-refractivity contribution in [3.63, 3.8) is 0 Å². The smallest absolute Gasteiger partial charge is 0.326 e. The second kappa shape index (κ2) is 12.8. The van der Waals surface area contributed by atoms with E-state index >= 15 is 0 Å². The molecule has 9 nitrogen and oxygen atoms in total. The topological polar surface area (TPSA) is 124 Å². The first-order chi connectivity index (χ1) is 18.9. The van der Waals surface area contributed by atoms with E-state index in [4.69, 9.17) is 0 Å². The van der Waals surface area contributed by atoms with Crippen LogP contribution in [0.25, 0.3) is 22.5 Å². The van der Waals surface area contributed by atoms with Gasteiger partial charge in [-0.15, -0.1) is 10.2 Å². The van der Waals surface area contributed by atoms with Gasteiger partial charge in [0.25, 0.3) is 0 Å². The number of amides is 1. The molecule has 4 aromatic rings. The molecule has 0 aliphatic carbocycles. The third-order valence-electron chi connectivity index (χ3n) is 6.57. The van der Waals surface area contributed by atoms with Crippen LogP contribution < -0.4 is 5.32 Å². The van der Waals surface area contributed by atoms with Crippen molar-refractivity contribution in [1.82, 2.24) is 25.5 Å². The van der Waals surface area contributed by atoms with Gasteiger partial charge in [-0.2, -0.15) is 5.21 Å². The van der Waals surface area contributed by atoms with E-state index in [2.05, 4.69) is 25.9 Å². The second-order valence-corrected chi connectivity index (χ2v) is 9.84. The SMILES string of the molecule is CCCCC(=O)N(Cc1ccc(-c2cc(Nc3ccccc3)ccc2-c2nn[nH]n2)cc1)[C@H](C(=O)O)C(C)C. The molecule has 0 saturated carbocycles. The monoisotopic (exact) mass is 526 g/mol. The number of carboxylic acids is 1. The third-order valence-corrected chi connectivity index (χ3v) is 6.57. The number of aromatic nitrogens is 4. The molecule has 3 aromatic carbocycles. The molecule has 202 valence electrons. The molecule has 39 heavy (non-hydrogen) atoms. The first kappa shape index (κ1) is 27.5. The van der Waals surface area contributed by atoms with E-state index in [0.717, 1.165) is 46.5 Å². The summed E-state index contributed by atoms with van der Waals surface area (Å²) in [6.07, 6.45) is 1.93. The largest absolute Gasteiger partial charge is 0.480 e. The molecule has 4 rings (SSSR count). The number of carbonyl (C=O) groups is 2. The van der Waals surface area contributed by atoms with Crippen molar-refractivity contribution in [2.45, 2.75) is 52.6 Å². The van der Waals surface area contributed by atoms with Crippen LogP contribution in [0.4, 0.5) is 11.4 Å². The zero-order valence-electron chi connectivity index (χ0n) is 22.5. The van der Waals surface area contributed by atoms with E-state index in [-0.39, 0.29) is 18.4 Å². The molecular weight excluding hydrogens is 492 g/mol. The van der Waals surface area contributed by atoms with Crippen molar-refractivity contribution in [3.05, 3.63) is 78.4 Å². The Morgan fingerprint density at radius 2 is 1.72 bits per heavy atom. The second-order valence-electron chi connectivity index (χ2n) is 9.84. The minimum atomic E-state index is -0.987. The van der Waals surface area contributed by atoms with Crippen LogP contribution in [0.3, 0.4) is 0 Å². The van der Waals surface area contributed by atoms with Crippen molar-refractivity contribution in [3.8, 4) is 22.5 Å². The average molecular weight is 527 g/mol. The average Bonchev–Trinajstić information content (AvgIpc) is 3.47. The maximum atomic E-state index is 13.0. The number of carbonyl (C=O) groups excluding carboxylic acids is 1. The van der Waals surface area contributed by atoms with Crippen molar-refractivity contribution >= 4 is 23.3 Å². The highest BCUT2D eigenvalue weighted by Crippen LogP contribution is 2.34. The van der Waals surface area contributed by atoms with Crippen LogP contribution >= 0.6 is 0 Å². The van der Waals surface area contributed by atoms with Gasteiger partial charge in [0, 0.05) is 29.9 Å². The van der Waals surface area contributed by atoms with E-state index in [0.29, 0.717) is 12.2 Å². The van der Waals surface area contributed by atoms with Crippen molar-refractivity contribution in [2.24, 2.45) is 5.92 Å². The Morgan fingerprint density at radius 1 is 0.974 bits per heavy atom. The van der Waals surface area contributed by atoms with Gasteiger partial charge in [0.2, 0.25) is 11.7 Å². The van der Waals surface area contributed by atoms with Gasteiger partial charge >= 0.3 is 5.97 Å². The lowest BCUT2D eigenvalue weighted by molar-refractivity contribution is -0.153. The Kier molecular flexibility index (Phi) is 9.04. The zero-order chi connectivity index (χ0) is 27.8. The predicted octanol–water partition coefficient (Wildman–Crippen LogP) is 5.91. The number of benzene rings is 3. The molecule has 0 fully saturated rings. The van der Waals surface area contributed by atoms with Crippen LogP contribution in [-0.4, -0.2) is 48.5 Å². The standard InChI is InChI=1S/C30H34N6O3/c1-4-5-11-27(37)36(28(20(2)3)30(38)39)19-21-12-14-22(15-13-21)26-18-24(31-23-9-7-6-8-10-23)16-17-25(26)29-32-34-35-33-29/h6-10,12-18,20,28,31H,4-5,11,19H2,1-3H3,(H,38,39)(H,32,33,34,35)/t28-/m0/s1. The maximum Gasteiger partial charge on any atom is 0.326 e. The Balaban J connectivity index is 1.65. The van der Waals surface area contributed by atoms with E-state index in [1.54, 1.807) is 0 Å². The number of anilines is 2. The number of nitrogens with zero attached hydrogens (tertiary/aromatic N) is 4. The van der Waals surface area contributed by atoms with E-state index < -0.39 is 12.0 Å². The van der Waals surface area contributed by atoms with Crippen LogP contribution in [0, 0.1) is 5.92 Å². The van der Waals surface area contributed by atoms with Gasteiger partial charge in [-0.1, -0.05) is 69.7 Å². The number of para-hydroxylation sites is 1. The Labute approximate surface area is 228 Å². The molecule has 0 bridgehead atoms. The minimum Gasteiger partial charge on any atom is -0.480 e. The summed E-state index contributed by atoms with van der Waals surface area (Å²) in [5, 5.41) is 27.9. The van der Waals surface area contributed by atoms with Crippen LogP contribution in [0.1, 0.15) is 45.6 Å². The Bertz CT molecular complexity index is 1370. The van der Waals surface area contributed by atoms with Crippen LogP contribution in [-0.2, 0) is 16.1 Å². The van der Waals surface area contributed by atoms with Gasteiger partial charge in [0.05, 0.1) is 0 Å². The van der Waals surface area contributed by atoms with Gasteiger partial charge in [-0.25, -0.2) is 4.79 Å². The summed E-state index contributed by atoms with van der Waals surface area (Å²) < 4.78 is 0. The number of hydrogen-bond donors (Lipinski definition) is 3. The molecule has 1 atom stereocenters. The van der Waals surface area contributed by atoms with Crippen molar-refractivity contribution in [2.75, 3.05) is 5.32 Å². The Hall–Kier alpha value is -4.53. The van der Waals surface area contributed by atoms with Gasteiger partial charge in [-0.05, 0) is 64.6 Å². The summed E-state index contributed by atoms with van der Waals surface area (Å²) in [6.45, 7) is 5.90. The quantitative estimate of drug-likeness (QED) is 0.210. The fraction of sp³-hybridized carbons (Fsp3) is 0.300. The van der Waals surface area contributed by atoms with Crippen LogP contribution in [0.5, 0.6) is 0 Å². The summed E-state index contributed by atoms with van der Waals surface area (Å²) in [6, 6.07) is 22.8. The Morgan fingerprint density at radius 3 is 2.33 bits per heavy atom. The minimum absolute atomic E-state index is 0.138. The number of hydrogen-bond acceptors (Lipinski definition) is 6. The number of aliphatic carboxylic acids is 1. The van der Waals surface area contributed by atoms with Crippen LogP contribution in [0.15, 0.2) is 72.8 Å². The molecule has 0 spiro atoms. The van der Waals surface area contributed by atoms with Gasteiger partial charge in [0.15, 0.2) is 0 Å². The zero-order valence-corrected chi connectivity index (χ0v) is 22.5. The maximum absolute atomic E-state index is 13.0. The molecule has 1 amide bonds. The molecule has 0 unspecified atom stereocenters. The highest BCUT2D eigenvalue weighted by atomic mass is 16.4. The molecule has 0 radical (unpaired) electrons. The van der Waals surface area contributed by atoms with Gasteiger partial charge in [0.1, 0.15) is 6.04 Å². The number of aromatic amines is 1. The molecule has 3 N–H and O–H groups in total. The molecular formula is C30H34N6O3. The van der Waals surface area contributed by atoms with Gasteiger partial charge in [-0.3, -0.25) is 4.79 Å². The lowest BCUT2D eigenvalue weighted by atomic mass is 9.96. The fourth-order valence-electron chi connectivity index (χ4n) is 4.60. The van der Waals surface area contributed by atoms with Crippen molar-refractivity contribution < 1.29 is 14.7 Å².